The molecule has 0 spiro atoms. The van der Waals surface area contributed by atoms with Crippen LogP contribution in [0, 0.1) is 6.92 Å². The number of rotatable bonds is 4. The van der Waals surface area contributed by atoms with E-state index >= 15 is 0 Å². The number of hydrogen-bond acceptors (Lipinski definition) is 4. The molecule has 1 amide bonds. The van der Waals surface area contributed by atoms with Gasteiger partial charge in [-0.25, -0.2) is 4.79 Å². The zero-order chi connectivity index (χ0) is 21.5. The quantitative estimate of drug-likeness (QED) is 0.413. The lowest BCUT2D eigenvalue weighted by Crippen LogP contribution is -2.36. The van der Waals surface area contributed by atoms with Gasteiger partial charge < -0.3 is 9.47 Å². The molecule has 2 heterocycles. The fraction of sp³-hybridized carbons (Fsp3) is 0.375. The summed E-state index contributed by atoms with van der Waals surface area (Å²) in [7, 11) is 0. The summed E-state index contributed by atoms with van der Waals surface area (Å²) in [5.74, 6) is 1.29. The number of anilines is 1. The molecule has 0 saturated carbocycles. The highest BCUT2D eigenvalue weighted by atomic mass is 35.5. The molecule has 6 heteroatoms. The van der Waals surface area contributed by atoms with E-state index in [1.807, 2.05) is 57.2 Å². The SMILES string of the molecule is Cc1cc2c(OCc3ccccc3)cc3c(c2s1)[C@H](CCl)CN3C(=O)OC(C)(C)C. The monoisotopic (exact) mass is 443 g/mol. The Morgan fingerprint density at radius 2 is 1.97 bits per heavy atom. The third kappa shape index (κ3) is 4.14. The Kier molecular flexibility index (Phi) is 5.69. The highest BCUT2D eigenvalue weighted by Gasteiger charge is 2.37. The average molecular weight is 444 g/mol. The summed E-state index contributed by atoms with van der Waals surface area (Å²) in [5, 5.41) is 1.08. The maximum absolute atomic E-state index is 12.9. The van der Waals surface area contributed by atoms with Gasteiger partial charge in [0, 0.05) is 44.9 Å². The lowest BCUT2D eigenvalue weighted by Gasteiger charge is -2.25. The van der Waals surface area contributed by atoms with Crippen molar-refractivity contribution < 1.29 is 14.3 Å². The van der Waals surface area contributed by atoms with Crippen molar-refractivity contribution in [2.75, 3.05) is 17.3 Å². The molecule has 0 N–H and O–H groups in total. The zero-order valence-corrected chi connectivity index (χ0v) is 19.3. The van der Waals surface area contributed by atoms with Crippen molar-refractivity contribution in [2.24, 2.45) is 0 Å². The van der Waals surface area contributed by atoms with Gasteiger partial charge in [-0.1, -0.05) is 30.3 Å². The number of benzene rings is 2. The van der Waals surface area contributed by atoms with E-state index in [2.05, 4.69) is 13.0 Å². The first-order valence-electron chi connectivity index (χ1n) is 10.1. The minimum absolute atomic E-state index is 0.0675. The van der Waals surface area contributed by atoms with Gasteiger partial charge in [-0.05, 0) is 39.3 Å². The van der Waals surface area contributed by atoms with Gasteiger partial charge in [0.25, 0.3) is 0 Å². The molecule has 0 aliphatic carbocycles. The van der Waals surface area contributed by atoms with Crippen molar-refractivity contribution in [3.8, 4) is 5.75 Å². The second-order valence-corrected chi connectivity index (χ2v) is 10.2. The van der Waals surface area contributed by atoms with Gasteiger partial charge >= 0.3 is 6.09 Å². The molecule has 0 bridgehead atoms. The fourth-order valence-electron chi connectivity index (χ4n) is 3.79. The zero-order valence-electron chi connectivity index (χ0n) is 17.7. The minimum Gasteiger partial charge on any atom is -0.488 e. The van der Waals surface area contributed by atoms with E-state index in [1.54, 1.807) is 16.2 Å². The second-order valence-electron chi connectivity index (χ2n) is 8.62. The number of carbonyl (C=O) groups is 1. The van der Waals surface area contributed by atoms with Crippen molar-refractivity contribution in [1.82, 2.24) is 0 Å². The third-order valence-electron chi connectivity index (χ3n) is 5.05. The van der Waals surface area contributed by atoms with Crippen LogP contribution in [0.5, 0.6) is 5.75 Å². The standard InChI is InChI=1S/C24H26ClNO3S/c1-15-10-18-20(28-14-16-8-6-5-7-9-16)11-19-21(22(18)30-15)17(12-25)13-26(19)23(27)29-24(2,3)4/h5-11,17H,12-14H2,1-4H3/t17-/m1/s1. The fourth-order valence-corrected chi connectivity index (χ4v) is 5.19. The number of fused-ring (bicyclic) bond motifs is 3. The lowest BCUT2D eigenvalue weighted by atomic mass is 10.0. The lowest BCUT2D eigenvalue weighted by molar-refractivity contribution is 0.0582. The minimum atomic E-state index is -0.563. The maximum Gasteiger partial charge on any atom is 0.414 e. The van der Waals surface area contributed by atoms with Crippen molar-refractivity contribution in [3.05, 3.63) is 58.5 Å². The summed E-state index contributed by atoms with van der Waals surface area (Å²) in [4.78, 5) is 15.8. The Morgan fingerprint density at radius 3 is 2.63 bits per heavy atom. The van der Waals surface area contributed by atoms with E-state index in [1.165, 1.54) is 4.88 Å². The van der Waals surface area contributed by atoms with Crippen LogP contribution in [0.1, 0.15) is 42.7 Å². The molecule has 1 aromatic heterocycles. The summed E-state index contributed by atoms with van der Waals surface area (Å²) in [6.45, 7) is 8.70. The van der Waals surface area contributed by atoms with Crippen LogP contribution in [-0.2, 0) is 11.3 Å². The number of hydrogen-bond donors (Lipinski definition) is 0. The highest BCUT2D eigenvalue weighted by Crippen LogP contribution is 2.48. The average Bonchev–Trinajstić information content (AvgIpc) is 3.25. The van der Waals surface area contributed by atoms with E-state index < -0.39 is 5.60 Å². The van der Waals surface area contributed by atoms with Gasteiger partial charge in [0.1, 0.15) is 18.0 Å². The third-order valence-corrected chi connectivity index (χ3v) is 6.50. The Bertz CT molecular complexity index is 1070. The number of alkyl halides is 1. The normalized spacial score (nSPS) is 16.0. The molecule has 0 fully saturated rings. The Morgan fingerprint density at radius 1 is 1.23 bits per heavy atom. The number of ether oxygens (including phenoxy) is 2. The molecule has 158 valence electrons. The Hall–Kier alpha value is -2.24. The van der Waals surface area contributed by atoms with E-state index in [4.69, 9.17) is 21.1 Å². The number of carbonyl (C=O) groups excluding carboxylic acids is 1. The van der Waals surface area contributed by atoms with Crippen molar-refractivity contribution in [2.45, 2.75) is 45.8 Å². The predicted molar refractivity (Wildman–Crippen MR) is 124 cm³/mol. The molecule has 0 saturated heterocycles. The van der Waals surface area contributed by atoms with Crippen LogP contribution in [0.3, 0.4) is 0 Å². The van der Waals surface area contributed by atoms with Gasteiger partial charge in [-0.15, -0.1) is 22.9 Å². The number of amides is 1. The summed E-state index contributed by atoms with van der Waals surface area (Å²) in [6.07, 6.45) is -0.349. The van der Waals surface area contributed by atoms with Crippen LogP contribution in [0.25, 0.3) is 10.1 Å². The van der Waals surface area contributed by atoms with Crippen molar-refractivity contribution in [3.63, 3.8) is 0 Å². The van der Waals surface area contributed by atoms with Gasteiger partial charge in [0.15, 0.2) is 0 Å². The topological polar surface area (TPSA) is 38.8 Å². The van der Waals surface area contributed by atoms with E-state index in [0.29, 0.717) is 19.0 Å². The number of aryl methyl sites for hydroxylation is 1. The number of thiophene rings is 1. The molecule has 2 aromatic carbocycles. The molecule has 3 aromatic rings. The van der Waals surface area contributed by atoms with Gasteiger partial charge in [0.2, 0.25) is 0 Å². The number of nitrogens with zero attached hydrogens (tertiary/aromatic N) is 1. The molecule has 4 rings (SSSR count). The first kappa shape index (κ1) is 21.0. The van der Waals surface area contributed by atoms with Crippen LogP contribution in [-0.4, -0.2) is 24.1 Å². The summed E-state index contributed by atoms with van der Waals surface area (Å²) in [5.41, 5.74) is 2.50. The largest absolute Gasteiger partial charge is 0.488 e. The molecule has 1 aliphatic rings. The van der Waals surface area contributed by atoms with Crippen LogP contribution >= 0.6 is 22.9 Å². The molecule has 30 heavy (non-hydrogen) atoms. The van der Waals surface area contributed by atoms with Crippen LogP contribution in [0.4, 0.5) is 10.5 Å². The van der Waals surface area contributed by atoms with E-state index in [9.17, 15) is 4.79 Å². The van der Waals surface area contributed by atoms with Crippen LogP contribution < -0.4 is 9.64 Å². The van der Waals surface area contributed by atoms with Crippen LogP contribution in [0.2, 0.25) is 0 Å². The molecule has 1 aliphatic heterocycles. The first-order valence-corrected chi connectivity index (χ1v) is 11.4. The number of halogens is 1. The smallest absolute Gasteiger partial charge is 0.414 e. The molecule has 0 unspecified atom stereocenters. The molecule has 0 radical (unpaired) electrons. The Balaban J connectivity index is 1.77. The van der Waals surface area contributed by atoms with E-state index in [-0.39, 0.29) is 12.0 Å². The maximum atomic E-state index is 12.9. The van der Waals surface area contributed by atoms with Crippen molar-refractivity contribution >= 4 is 44.8 Å². The molecular formula is C24H26ClNO3S. The predicted octanol–water partition coefficient (Wildman–Crippen LogP) is 6.87. The van der Waals surface area contributed by atoms with Gasteiger partial charge in [0.05, 0.1) is 5.69 Å². The summed E-state index contributed by atoms with van der Waals surface area (Å²) >= 11 is 8.04. The van der Waals surface area contributed by atoms with Crippen molar-refractivity contribution in [1.29, 1.82) is 0 Å². The molecule has 1 atom stereocenters. The highest BCUT2D eigenvalue weighted by molar-refractivity contribution is 7.19. The summed E-state index contributed by atoms with van der Waals surface area (Å²) in [6, 6.07) is 14.2. The molecule has 4 nitrogen and oxygen atoms in total. The molecular weight excluding hydrogens is 418 g/mol. The second kappa shape index (κ2) is 8.12. The Labute approximate surface area is 186 Å². The summed E-state index contributed by atoms with van der Waals surface area (Å²) < 4.78 is 13.0. The van der Waals surface area contributed by atoms with Crippen LogP contribution in [0.15, 0.2) is 42.5 Å². The van der Waals surface area contributed by atoms with Gasteiger partial charge in [-0.3, -0.25) is 4.90 Å². The van der Waals surface area contributed by atoms with Gasteiger partial charge in [-0.2, -0.15) is 0 Å². The first-order chi connectivity index (χ1) is 14.3. The van der Waals surface area contributed by atoms with E-state index in [0.717, 1.165) is 32.6 Å².